The van der Waals surface area contributed by atoms with Gasteiger partial charge in [0.05, 0.1) is 0 Å². The number of piperazine rings is 1. The molecule has 0 spiro atoms. The van der Waals surface area contributed by atoms with Crippen molar-refractivity contribution in [2.75, 3.05) is 31.5 Å². The Morgan fingerprint density at radius 2 is 1.63 bits per heavy atom. The smallest absolute Gasteiger partial charge is 0.313 e. The molecule has 1 aliphatic heterocycles. The third-order valence-electron chi connectivity index (χ3n) is 4.31. The quantitative estimate of drug-likeness (QED) is 0.642. The van der Waals surface area contributed by atoms with Crippen LogP contribution in [0.1, 0.15) is 5.56 Å². The van der Waals surface area contributed by atoms with E-state index in [1.165, 1.54) is 4.90 Å². The van der Waals surface area contributed by atoms with Gasteiger partial charge in [-0.1, -0.05) is 30.3 Å². The van der Waals surface area contributed by atoms with E-state index >= 15 is 0 Å². The van der Waals surface area contributed by atoms with Crippen molar-refractivity contribution in [1.29, 1.82) is 0 Å². The predicted molar refractivity (Wildman–Crippen MR) is 100 cm³/mol. The fraction of sp³-hybridized carbons (Fsp3) is 0.250. The first kappa shape index (κ1) is 18.4. The van der Waals surface area contributed by atoms with Crippen molar-refractivity contribution in [3.05, 3.63) is 60.2 Å². The molecule has 0 aromatic heterocycles. The minimum atomic E-state index is -0.687. The number of hydrogen-bond acceptors (Lipinski definition) is 4. The average Bonchev–Trinajstić information content (AvgIpc) is 2.73. The third kappa shape index (κ3) is 5.07. The lowest BCUT2D eigenvalue weighted by atomic mass is 10.2. The van der Waals surface area contributed by atoms with Gasteiger partial charge in [-0.2, -0.15) is 0 Å². The van der Waals surface area contributed by atoms with Crippen molar-refractivity contribution in [1.82, 2.24) is 9.80 Å². The van der Waals surface area contributed by atoms with Crippen LogP contribution in [-0.4, -0.2) is 54.2 Å². The standard InChI is InChI=1S/C20H21N3O4/c24-15-22-10-12-23(13-11-22)20(26)19(25)21-17-6-8-18(9-7-17)27-14-16-4-2-1-3-5-16/h1-9,15H,10-14H2,(H,21,25). The van der Waals surface area contributed by atoms with Crippen LogP contribution in [0.5, 0.6) is 5.75 Å². The summed E-state index contributed by atoms with van der Waals surface area (Å²) in [5, 5.41) is 2.60. The molecule has 2 aromatic rings. The Morgan fingerprint density at radius 3 is 2.26 bits per heavy atom. The topological polar surface area (TPSA) is 79.0 Å². The number of ether oxygens (including phenoxy) is 1. The summed E-state index contributed by atoms with van der Waals surface area (Å²) in [6.07, 6.45) is 0.753. The van der Waals surface area contributed by atoms with Crippen LogP contribution in [0.25, 0.3) is 0 Å². The number of rotatable bonds is 5. The number of nitrogens with one attached hydrogen (secondary N) is 1. The molecule has 0 bridgehead atoms. The summed E-state index contributed by atoms with van der Waals surface area (Å²) < 4.78 is 5.69. The lowest BCUT2D eigenvalue weighted by Crippen LogP contribution is -2.51. The van der Waals surface area contributed by atoms with Gasteiger partial charge in [-0.15, -0.1) is 0 Å². The molecule has 0 unspecified atom stereocenters. The summed E-state index contributed by atoms with van der Waals surface area (Å²) in [6, 6.07) is 16.7. The van der Waals surface area contributed by atoms with Crippen LogP contribution < -0.4 is 10.1 Å². The van der Waals surface area contributed by atoms with Crippen molar-refractivity contribution < 1.29 is 19.1 Å². The molecule has 27 heavy (non-hydrogen) atoms. The number of amides is 3. The highest BCUT2D eigenvalue weighted by Crippen LogP contribution is 2.17. The van der Waals surface area contributed by atoms with E-state index in [0.717, 1.165) is 12.0 Å². The molecule has 0 aliphatic carbocycles. The minimum absolute atomic E-state index is 0.358. The van der Waals surface area contributed by atoms with Crippen molar-refractivity contribution >= 4 is 23.9 Å². The van der Waals surface area contributed by atoms with E-state index in [1.54, 1.807) is 29.2 Å². The molecule has 0 saturated carbocycles. The number of anilines is 1. The van der Waals surface area contributed by atoms with Crippen molar-refractivity contribution in [2.45, 2.75) is 6.61 Å². The van der Waals surface area contributed by atoms with Gasteiger partial charge in [-0.05, 0) is 29.8 Å². The van der Waals surface area contributed by atoms with E-state index in [2.05, 4.69) is 5.32 Å². The van der Waals surface area contributed by atoms with Gasteiger partial charge in [-0.3, -0.25) is 14.4 Å². The first-order chi connectivity index (χ1) is 13.2. The van der Waals surface area contributed by atoms with E-state index in [9.17, 15) is 14.4 Å². The van der Waals surface area contributed by atoms with Crippen molar-refractivity contribution in [2.24, 2.45) is 0 Å². The van der Waals surface area contributed by atoms with Crippen LogP contribution in [0.3, 0.4) is 0 Å². The zero-order valence-corrected chi connectivity index (χ0v) is 14.8. The van der Waals surface area contributed by atoms with Crippen LogP contribution in [-0.2, 0) is 21.0 Å². The molecule has 1 N–H and O–H groups in total. The maximum atomic E-state index is 12.2. The number of hydrogen-bond donors (Lipinski definition) is 1. The van der Waals surface area contributed by atoms with Crippen LogP contribution in [0, 0.1) is 0 Å². The molecule has 1 aliphatic rings. The van der Waals surface area contributed by atoms with Gasteiger partial charge >= 0.3 is 11.8 Å². The van der Waals surface area contributed by atoms with Crippen LogP contribution in [0.15, 0.2) is 54.6 Å². The van der Waals surface area contributed by atoms with E-state index in [1.807, 2.05) is 30.3 Å². The molecule has 7 nitrogen and oxygen atoms in total. The fourth-order valence-corrected chi connectivity index (χ4v) is 2.73. The van der Waals surface area contributed by atoms with Crippen molar-refractivity contribution in [3.8, 4) is 5.75 Å². The molecule has 7 heteroatoms. The number of nitrogens with zero attached hydrogens (tertiary/aromatic N) is 2. The highest BCUT2D eigenvalue weighted by Gasteiger charge is 2.25. The molecule has 140 valence electrons. The van der Waals surface area contributed by atoms with E-state index in [0.29, 0.717) is 44.2 Å². The third-order valence-corrected chi connectivity index (χ3v) is 4.31. The van der Waals surface area contributed by atoms with Gasteiger partial charge in [0.25, 0.3) is 0 Å². The number of carbonyl (C=O) groups excluding carboxylic acids is 3. The average molecular weight is 367 g/mol. The van der Waals surface area contributed by atoms with Crippen molar-refractivity contribution in [3.63, 3.8) is 0 Å². The maximum Gasteiger partial charge on any atom is 0.313 e. The number of carbonyl (C=O) groups is 3. The molecular formula is C20H21N3O4. The summed E-state index contributed by atoms with van der Waals surface area (Å²) in [5.74, 6) is -0.606. The van der Waals surface area contributed by atoms with Gasteiger partial charge < -0.3 is 19.9 Å². The fourth-order valence-electron chi connectivity index (χ4n) is 2.73. The molecule has 1 heterocycles. The van der Waals surface area contributed by atoms with Gasteiger partial charge in [0, 0.05) is 31.9 Å². The van der Waals surface area contributed by atoms with E-state index in [4.69, 9.17) is 4.74 Å². The Morgan fingerprint density at radius 1 is 0.963 bits per heavy atom. The lowest BCUT2D eigenvalue weighted by molar-refractivity contribution is -0.144. The lowest BCUT2D eigenvalue weighted by Gasteiger charge is -2.31. The monoisotopic (exact) mass is 367 g/mol. The second kappa shape index (κ2) is 8.84. The molecule has 0 atom stereocenters. The number of benzene rings is 2. The Labute approximate surface area is 157 Å². The normalized spacial score (nSPS) is 13.8. The molecule has 2 aromatic carbocycles. The zero-order valence-electron chi connectivity index (χ0n) is 14.8. The molecular weight excluding hydrogens is 346 g/mol. The Hall–Kier alpha value is -3.35. The van der Waals surface area contributed by atoms with Gasteiger partial charge in [0.1, 0.15) is 12.4 Å². The van der Waals surface area contributed by atoms with Crippen LogP contribution in [0.2, 0.25) is 0 Å². The van der Waals surface area contributed by atoms with Gasteiger partial charge in [0.15, 0.2) is 0 Å². The Bertz CT molecular complexity index is 785. The van der Waals surface area contributed by atoms with Gasteiger partial charge in [0.2, 0.25) is 6.41 Å². The SMILES string of the molecule is O=CN1CCN(C(=O)C(=O)Nc2ccc(OCc3ccccc3)cc2)CC1. The van der Waals surface area contributed by atoms with Crippen LogP contribution in [0.4, 0.5) is 5.69 Å². The minimum Gasteiger partial charge on any atom is -0.489 e. The molecule has 3 rings (SSSR count). The molecule has 1 saturated heterocycles. The Kier molecular flexibility index (Phi) is 6.04. The summed E-state index contributed by atoms with van der Waals surface area (Å²) in [6.45, 7) is 2.05. The summed E-state index contributed by atoms with van der Waals surface area (Å²) in [7, 11) is 0. The van der Waals surface area contributed by atoms with E-state index < -0.39 is 11.8 Å². The Balaban J connectivity index is 1.49. The van der Waals surface area contributed by atoms with Crippen LogP contribution >= 0.6 is 0 Å². The first-order valence-corrected chi connectivity index (χ1v) is 8.72. The summed E-state index contributed by atoms with van der Waals surface area (Å²) in [5.41, 5.74) is 1.59. The highest BCUT2D eigenvalue weighted by molar-refractivity contribution is 6.39. The first-order valence-electron chi connectivity index (χ1n) is 8.72. The molecule has 0 radical (unpaired) electrons. The zero-order chi connectivity index (χ0) is 19.1. The molecule has 1 fully saturated rings. The second-order valence-electron chi connectivity index (χ2n) is 6.19. The largest absolute Gasteiger partial charge is 0.489 e. The molecule has 3 amide bonds. The van der Waals surface area contributed by atoms with E-state index in [-0.39, 0.29) is 0 Å². The maximum absolute atomic E-state index is 12.2. The summed E-state index contributed by atoms with van der Waals surface area (Å²) in [4.78, 5) is 38.1. The summed E-state index contributed by atoms with van der Waals surface area (Å²) >= 11 is 0. The highest BCUT2D eigenvalue weighted by atomic mass is 16.5. The predicted octanol–water partition coefficient (Wildman–Crippen LogP) is 1.50. The van der Waals surface area contributed by atoms with Gasteiger partial charge in [-0.25, -0.2) is 0 Å². The second-order valence-corrected chi connectivity index (χ2v) is 6.19.